The lowest BCUT2D eigenvalue weighted by atomic mass is 10.3. The minimum absolute atomic E-state index is 0.753. The molecule has 0 aliphatic heterocycles. The van der Waals surface area contributed by atoms with E-state index in [0.29, 0.717) is 0 Å². The van der Waals surface area contributed by atoms with Crippen molar-refractivity contribution in [2.24, 2.45) is 0 Å². The number of nitrogen functional groups attached to an aromatic ring is 1. The molecule has 0 aliphatic rings. The molecule has 3 nitrogen and oxygen atoms in total. The first kappa shape index (κ1) is 9.74. The molecule has 0 spiro atoms. The number of rotatable bonds is 4. The van der Waals surface area contributed by atoms with Crippen molar-refractivity contribution in [2.75, 3.05) is 19.3 Å². The fourth-order valence-corrected chi connectivity index (χ4v) is 0.988. The molecule has 0 saturated heterocycles. The predicted octanol–water partition coefficient (Wildman–Crippen LogP) is 1.29. The lowest BCUT2D eigenvalue weighted by molar-refractivity contribution is 0.809. The predicted molar refractivity (Wildman–Crippen MR) is 56.2 cm³/mol. The smallest absolute Gasteiger partial charge is 0.0646 e. The average Bonchev–Trinajstić information content (AvgIpc) is 2.13. The molecule has 1 heterocycles. The first-order valence-corrected chi connectivity index (χ1v) is 4.35. The summed E-state index contributed by atoms with van der Waals surface area (Å²) in [6, 6.07) is 3.64. The van der Waals surface area contributed by atoms with Gasteiger partial charge in [-0.15, -0.1) is 0 Å². The van der Waals surface area contributed by atoms with Crippen molar-refractivity contribution in [3.8, 4) is 0 Å². The van der Waals surface area contributed by atoms with Crippen LogP contribution in [0.4, 0.5) is 5.69 Å². The molecule has 1 rings (SSSR count). The molecule has 0 amide bonds. The molecule has 0 aliphatic carbocycles. The average molecular weight is 177 g/mol. The summed E-state index contributed by atoms with van der Waals surface area (Å²) >= 11 is 0. The fraction of sp³-hybridized carbons (Fsp3) is 0.300. The normalized spacial score (nSPS) is 10.8. The number of anilines is 1. The van der Waals surface area contributed by atoms with Crippen molar-refractivity contribution >= 4 is 11.8 Å². The van der Waals surface area contributed by atoms with Gasteiger partial charge in [0.25, 0.3) is 0 Å². The summed E-state index contributed by atoms with van der Waals surface area (Å²) in [4.78, 5) is 4.15. The maximum absolute atomic E-state index is 5.60. The van der Waals surface area contributed by atoms with Crippen LogP contribution in [0.1, 0.15) is 12.1 Å². The highest BCUT2D eigenvalue weighted by Crippen LogP contribution is 2.04. The van der Waals surface area contributed by atoms with Crippen molar-refractivity contribution in [3.05, 3.63) is 30.1 Å². The number of pyridine rings is 1. The van der Waals surface area contributed by atoms with Gasteiger partial charge in [0, 0.05) is 11.9 Å². The first-order chi connectivity index (χ1) is 6.33. The van der Waals surface area contributed by atoms with Crippen LogP contribution >= 0.6 is 0 Å². The van der Waals surface area contributed by atoms with Crippen LogP contribution in [-0.4, -0.2) is 18.6 Å². The zero-order valence-electron chi connectivity index (χ0n) is 7.83. The van der Waals surface area contributed by atoms with E-state index in [1.807, 2.05) is 19.2 Å². The van der Waals surface area contributed by atoms with E-state index in [-0.39, 0.29) is 0 Å². The molecule has 0 saturated carbocycles. The third-order valence-electron chi connectivity index (χ3n) is 1.65. The van der Waals surface area contributed by atoms with Crippen LogP contribution in [0.3, 0.4) is 0 Å². The number of nitrogens with one attached hydrogen (secondary N) is 1. The van der Waals surface area contributed by atoms with E-state index in [0.717, 1.165) is 24.3 Å². The second-order valence-electron chi connectivity index (χ2n) is 2.81. The molecule has 13 heavy (non-hydrogen) atoms. The van der Waals surface area contributed by atoms with Gasteiger partial charge in [0.05, 0.1) is 5.69 Å². The summed E-state index contributed by atoms with van der Waals surface area (Å²) in [5.41, 5.74) is 7.27. The summed E-state index contributed by atoms with van der Waals surface area (Å²) in [6.07, 6.45) is 6.78. The fourth-order valence-electron chi connectivity index (χ4n) is 0.988. The third-order valence-corrected chi connectivity index (χ3v) is 1.65. The number of hydrogen-bond acceptors (Lipinski definition) is 3. The summed E-state index contributed by atoms with van der Waals surface area (Å²) in [5, 5.41) is 3.07. The topological polar surface area (TPSA) is 50.9 Å². The molecule has 0 atom stereocenters. The van der Waals surface area contributed by atoms with Crippen LogP contribution in [0.5, 0.6) is 0 Å². The minimum Gasteiger partial charge on any atom is -0.399 e. The van der Waals surface area contributed by atoms with Gasteiger partial charge in [-0.05, 0) is 38.2 Å². The van der Waals surface area contributed by atoms with E-state index < -0.39 is 0 Å². The molecule has 0 fully saturated rings. The number of nitrogens with zero attached hydrogens (tertiary/aromatic N) is 1. The van der Waals surface area contributed by atoms with Gasteiger partial charge in [0.15, 0.2) is 0 Å². The summed E-state index contributed by atoms with van der Waals surface area (Å²) < 4.78 is 0. The number of aromatic nitrogens is 1. The molecule has 0 bridgehead atoms. The Labute approximate surface area is 78.7 Å². The van der Waals surface area contributed by atoms with Crippen molar-refractivity contribution in [2.45, 2.75) is 6.42 Å². The van der Waals surface area contributed by atoms with E-state index in [2.05, 4.69) is 16.4 Å². The van der Waals surface area contributed by atoms with Crippen molar-refractivity contribution in [3.63, 3.8) is 0 Å². The van der Waals surface area contributed by atoms with Crippen LogP contribution in [0.15, 0.2) is 24.4 Å². The van der Waals surface area contributed by atoms with E-state index in [9.17, 15) is 0 Å². The molecular weight excluding hydrogens is 162 g/mol. The number of hydrogen-bond donors (Lipinski definition) is 2. The molecule has 3 heteroatoms. The molecule has 3 N–H and O–H groups in total. The van der Waals surface area contributed by atoms with Gasteiger partial charge < -0.3 is 11.1 Å². The second kappa shape index (κ2) is 5.32. The van der Waals surface area contributed by atoms with E-state index in [1.54, 1.807) is 12.3 Å². The highest BCUT2D eigenvalue weighted by Gasteiger charge is 1.88. The van der Waals surface area contributed by atoms with Crippen LogP contribution < -0.4 is 11.1 Å². The molecule has 0 aromatic carbocycles. The summed E-state index contributed by atoms with van der Waals surface area (Å²) in [6.45, 7) is 0.985. The Morgan fingerprint density at radius 2 is 2.46 bits per heavy atom. The monoisotopic (exact) mass is 177 g/mol. The lowest BCUT2D eigenvalue weighted by Gasteiger charge is -1.95. The molecular formula is C10H15N3. The van der Waals surface area contributed by atoms with E-state index >= 15 is 0 Å². The molecule has 0 unspecified atom stereocenters. The van der Waals surface area contributed by atoms with Gasteiger partial charge in [0.2, 0.25) is 0 Å². The van der Waals surface area contributed by atoms with Gasteiger partial charge in [-0.1, -0.05) is 6.08 Å². The van der Waals surface area contributed by atoms with Gasteiger partial charge >= 0.3 is 0 Å². The molecule has 1 aromatic heterocycles. The first-order valence-electron chi connectivity index (χ1n) is 4.35. The van der Waals surface area contributed by atoms with Gasteiger partial charge in [-0.2, -0.15) is 0 Å². The Hall–Kier alpha value is -1.35. The van der Waals surface area contributed by atoms with Crippen LogP contribution in [0.25, 0.3) is 6.08 Å². The standard InChI is InChI=1S/C10H15N3/c1-12-6-3-2-4-10-8-9(11)5-7-13-10/h2,4-5,7-8,12H,3,6H2,1H3,(H2,11,13). The second-order valence-corrected chi connectivity index (χ2v) is 2.81. The Balaban J connectivity index is 2.48. The van der Waals surface area contributed by atoms with Crippen molar-refractivity contribution < 1.29 is 0 Å². The van der Waals surface area contributed by atoms with Crippen LogP contribution in [0, 0.1) is 0 Å². The molecule has 70 valence electrons. The minimum atomic E-state index is 0.753. The van der Waals surface area contributed by atoms with Crippen molar-refractivity contribution in [1.29, 1.82) is 0 Å². The van der Waals surface area contributed by atoms with Crippen LogP contribution in [-0.2, 0) is 0 Å². The van der Waals surface area contributed by atoms with E-state index in [4.69, 9.17) is 5.73 Å². The Morgan fingerprint density at radius 1 is 1.62 bits per heavy atom. The van der Waals surface area contributed by atoms with Crippen LogP contribution in [0.2, 0.25) is 0 Å². The molecule has 1 aromatic rings. The Bertz CT molecular complexity index is 281. The zero-order chi connectivity index (χ0) is 9.52. The quantitative estimate of drug-likeness (QED) is 0.681. The summed E-state index contributed by atoms with van der Waals surface area (Å²) in [5.74, 6) is 0. The van der Waals surface area contributed by atoms with Crippen molar-refractivity contribution in [1.82, 2.24) is 10.3 Å². The molecule has 0 radical (unpaired) electrons. The zero-order valence-corrected chi connectivity index (χ0v) is 7.83. The highest BCUT2D eigenvalue weighted by atomic mass is 14.8. The largest absolute Gasteiger partial charge is 0.399 e. The van der Waals surface area contributed by atoms with Gasteiger partial charge in [-0.3, -0.25) is 4.98 Å². The third kappa shape index (κ3) is 3.71. The number of nitrogens with two attached hydrogens (primary N) is 1. The Kier molecular flexibility index (Phi) is 3.99. The summed E-state index contributed by atoms with van der Waals surface area (Å²) in [7, 11) is 1.94. The van der Waals surface area contributed by atoms with E-state index in [1.165, 1.54) is 0 Å². The maximum atomic E-state index is 5.60. The van der Waals surface area contributed by atoms with Gasteiger partial charge in [0.1, 0.15) is 0 Å². The highest BCUT2D eigenvalue weighted by molar-refractivity contribution is 5.50. The maximum Gasteiger partial charge on any atom is 0.0646 e. The SMILES string of the molecule is CNCCC=Cc1cc(N)ccn1. The lowest BCUT2D eigenvalue weighted by Crippen LogP contribution is -2.05. The Morgan fingerprint density at radius 3 is 3.15 bits per heavy atom. The van der Waals surface area contributed by atoms with Gasteiger partial charge in [-0.25, -0.2) is 0 Å².